The van der Waals surface area contributed by atoms with Gasteiger partial charge in [-0.05, 0) is 48.6 Å². The van der Waals surface area contributed by atoms with Crippen molar-refractivity contribution < 1.29 is 48.7 Å². The Morgan fingerprint density at radius 1 is 1.07 bits per heavy atom. The molecule has 3 aliphatic rings. The van der Waals surface area contributed by atoms with Gasteiger partial charge in [-0.25, -0.2) is 22.2 Å². The fourth-order valence-electron chi connectivity index (χ4n) is 8.17. The van der Waals surface area contributed by atoms with Crippen molar-refractivity contribution in [1.29, 1.82) is 0 Å². The zero-order valence-corrected chi connectivity index (χ0v) is 32.8. The fourth-order valence-corrected chi connectivity index (χ4v) is 8.90. The predicted molar refractivity (Wildman–Crippen MR) is 201 cm³/mol. The molecule has 60 heavy (non-hydrogen) atoms. The molecule has 3 atom stereocenters. The number of pyridine rings is 1. The maximum absolute atomic E-state index is 15.5. The summed E-state index contributed by atoms with van der Waals surface area (Å²) in [5, 5.41) is 15.2. The maximum atomic E-state index is 15.5. The van der Waals surface area contributed by atoms with Crippen molar-refractivity contribution in [3.8, 4) is 22.4 Å². The molecule has 5 heterocycles. The number of rotatable bonds is 11. The molecule has 0 spiro atoms. The molecule has 22 heteroatoms. The standard InChI is InChI=1S/C38H31ClF7N9O4S/c1-53-33-23(3-5-26(39)31(33)36(51-53)52-60(2,57)58)22-4-6-27(18-12-47-54(13-18)21-15-59-16-21)49-32(22)28(9-17-7-19(40)10-20(41)8-17)48-29(56)14-55-35-30(34(50-55)38(44,45)46)24-11-25(24)37(35,42)43/h3-8,10,12-13,21,24-25,28H,9,11,14-16H2,1-2H3,(H,48,56)(H,51,52)/t24-,25+,28-/m0/s1. The fraction of sp³-hybridized carbons (Fsp3) is 0.342. The summed E-state index contributed by atoms with van der Waals surface area (Å²) in [7, 11) is -2.32. The smallest absolute Gasteiger partial charge is 0.377 e. The van der Waals surface area contributed by atoms with Crippen LogP contribution in [0.25, 0.3) is 33.3 Å². The van der Waals surface area contributed by atoms with Gasteiger partial charge in [-0.2, -0.15) is 37.2 Å². The van der Waals surface area contributed by atoms with Crippen LogP contribution in [0.4, 0.5) is 36.6 Å². The van der Waals surface area contributed by atoms with Gasteiger partial charge in [0, 0.05) is 47.5 Å². The molecule has 13 nitrogen and oxygen atoms in total. The number of anilines is 1. The van der Waals surface area contributed by atoms with Crippen LogP contribution in [0.1, 0.15) is 52.6 Å². The van der Waals surface area contributed by atoms with Gasteiger partial charge in [-0.15, -0.1) is 0 Å². The molecule has 2 aromatic carbocycles. The molecular formula is C38H31ClF7N9O4S. The zero-order chi connectivity index (χ0) is 42.6. The van der Waals surface area contributed by atoms with Crippen LogP contribution in [0.2, 0.25) is 5.02 Å². The summed E-state index contributed by atoms with van der Waals surface area (Å²) in [6, 6.07) is 7.64. The van der Waals surface area contributed by atoms with E-state index in [0.29, 0.717) is 46.3 Å². The highest BCUT2D eigenvalue weighted by atomic mass is 35.5. The number of nitrogens with one attached hydrogen (secondary N) is 2. The molecule has 2 fully saturated rings. The van der Waals surface area contributed by atoms with Gasteiger partial charge in [0.15, 0.2) is 11.5 Å². The van der Waals surface area contributed by atoms with Crippen molar-refractivity contribution in [2.75, 3.05) is 24.2 Å². The number of nitrogens with zero attached hydrogens (tertiary/aromatic N) is 7. The lowest BCUT2D eigenvalue weighted by atomic mass is 9.93. The molecule has 4 aromatic heterocycles. The van der Waals surface area contributed by atoms with Crippen LogP contribution in [0.15, 0.2) is 54.9 Å². The highest BCUT2D eigenvalue weighted by molar-refractivity contribution is 7.92. The number of sulfonamides is 1. The lowest BCUT2D eigenvalue weighted by Crippen LogP contribution is -2.35. The Bertz CT molecular complexity index is 2840. The third kappa shape index (κ3) is 7.04. The van der Waals surface area contributed by atoms with E-state index in [1.165, 1.54) is 17.8 Å². The molecule has 6 aromatic rings. The SMILES string of the molecule is Cn1nc(NS(C)(=O)=O)c2c(Cl)ccc(-c3ccc(-c4cnn(C5COC5)c4)nc3[C@H](Cc3cc(F)cc(F)c3)NC(=O)Cn3nc(C(F)(F)F)c4c3C(F)(F)[C@@H]3C[C@H]43)c21. The summed E-state index contributed by atoms with van der Waals surface area (Å²) in [6.45, 7) is -0.205. The van der Waals surface area contributed by atoms with Gasteiger partial charge in [-0.1, -0.05) is 23.7 Å². The first-order valence-corrected chi connectivity index (χ1v) is 20.6. The number of aryl methyl sites for hydroxylation is 1. The average molecular weight is 878 g/mol. The third-order valence-corrected chi connectivity index (χ3v) is 11.7. The van der Waals surface area contributed by atoms with E-state index >= 15 is 8.78 Å². The molecule has 0 radical (unpaired) electrons. The summed E-state index contributed by atoms with van der Waals surface area (Å²) >= 11 is 6.62. The Morgan fingerprint density at radius 2 is 1.78 bits per heavy atom. The molecule has 1 saturated carbocycles. The monoisotopic (exact) mass is 877 g/mol. The summed E-state index contributed by atoms with van der Waals surface area (Å²) in [6.07, 6.45) is -1.39. The van der Waals surface area contributed by atoms with Crippen molar-refractivity contribution in [2.24, 2.45) is 13.0 Å². The average Bonchev–Trinajstić information content (AvgIpc) is 3.34. The molecular weight excluding hydrogens is 847 g/mol. The van der Waals surface area contributed by atoms with Crippen LogP contribution in [0.5, 0.6) is 0 Å². The number of halogens is 8. The Kier molecular flexibility index (Phi) is 9.32. The summed E-state index contributed by atoms with van der Waals surface area (Å²) in [4.78, 5) is 19.0. The minimum absolute atomic E-state index is 0.0288. The van der Waals surface area contributed by atoms with Crippen molar-refractivity contribution in [3.63, 3.8) is 0 Å². The zero-order valence-electron chi connectivity index (χ0n) is 31.2. The number of benzene rings is 2. The van der Waals surface area contributed by atoms with Crippen LogP contribution >= 0.6 is 11.6 Å². The number of aromatic nitrogens is 7. The van der Waals surface area contributed by atoms with Gasteiger partial charge in [0.2, 0.25) is 15.9 Å². The molecule has 2 N–H and O–H groups in total. The Balaban J connectivity index is 1.19. The molecule has 1 amide bonds. The topological polar surface area (TPSA) is 151 Å². The van der Waals surface area contributed by atoms with Crippen LogP contribution in [0.3, 0.4) is 0 Å². The van der Waals surface area contributed by atoms with Crippen molar-refractivity contribution in [2.45, 2.75) is 49.5 Å². The van der Waals surface area contributed by atoms with Gasteiger partial charge >= 0.3 is 6.18 Å². The number of fused-ring (bicyclic) bond motifs is 4. The highest BCUT2D eigenvalue weighted by Crippen LogP contribution is 2.68. The van der Waals surface area contributed by atoms with Crippen molar-refractivity contribution in [3.05, 3.63) is 99.7 Å². The lowest BCUT2D eigenvalue weighted by molar-refractivity contribution is -0.142. The van der Waals surface area contributed by atoms with E-state index in [9.17, 15) is 35.2 Å². The number of amides is 1. The molecule has 2 aliphatic carbocycles. The number of hydrogen-bond donors (Lipinski definition) is 2. The second-order valence-corrected chi connectivity index (χ2v) is 17.3. The number of alkyl halides is 5. The largest absolute Gasteiger partial charge is 0.435 e. The van der Waals surface area contributed by atoms with Crippen molar-refractivity contribution >= 4 is 44.3 Å². The van der Waals surface area contributed by atoms with E-state index in [1.807, 2.05) is 0 Å². The molecule has 1 aliphatic heterocycles. The number of carbonyl (C=O) groups excluding carboxylic acids is 1. The summed E-state index contributed by atoms with van der Waals surface area (Å²) < 4.78 is 138. The molecule has 314 valence electrons. The third-order valence-electron chi connectivity index (χ3n) is 10.8. The molecule has 1 saturated heterocycles. The Hall–Kier alpha value is -5.54. The minimum atomic E-state index is -5.07. The maximum Gasteiger partial charge on any atom is 0.435 e. The van der Waals surface area contributed by atoms with Gasteiger partial charge in [0.25, 0.3) is 5.92 Å². The van der Waals surface area contributed by atoms with Gasteiger partial charge < -0.3 is 10.1 Å². The lowest BCUT2D eigenvalue weighted by Gasteiger charge is -2.26. The van der Waals surface area contributed by atoms with Crippen LogP contribution in [-0.4, -0.2) is 68.1 Å². The Morgan fingerprint density at radius 3 is 2.45 bits per heavy atom. The van der Waals surface area contributed by atoms with E-state index in [0.717, 1.165) is 18.4 Å². The highest BCUT2D eigenvalue weighted by Gasteiger charge is 2.68. The van der Waals surface area contributed by atoms with Crippen molar-refractivity contribution in [1.82, 2.24) is 39.6 Å². The van der Waals surface area contributed by atoms with E-state index in [1.54, 1.807) is 35.3 Å². The van der Waals surface area contributed by atoms with E-state index in [4.69, 9.17) is 21.3 Å². The molecule has 9 rings (SSSR count). The number of hydrogen-bond acceptors (Lipinski definition) is 8. The van der Waals surface area contributed by atoms with E-state index < -0.39 is 81.0 Å². The summed E-state index contributed by atoms with van der Waals surface area (Å²) in [5.41, 5.74) is -1.24. The predicted octanol–water partition coefficient (Wildman–Crippen LogP) is 6.90. The van der Waals surface area contributed by atoms with Crippen LogP contribution < -0.4 is 10.0 Å². The van der Waals surface area contributed by atoms with Crippen LogP contribution in [-0.2, 0) is 51.7 Å². The first kappa shape index (κ1) is 39.9. The molecule has 0 unspecified atom stereocenters. The minimum Gasteiger partial charge on any atom is -0.377 e. The van der Waals surface area contributed by atoms with E-state index in [-0.39, 0.29) is 51.9 Å². The summed E-state index contributed by atoms with van der Waals surface area (Å²) in [5.74, 6) is -9.13. The first-order valence-electron chi connectivity index (χ1n) is 18.3. The van der Waals surface area contributed by atoms with Gasteiger partial charge in [0.1, 0.15) is 23.9 Å². The molecule has 0 bridgehead atoms. The normalized spacial score (nSPS) is 18.9. The first-order chi connectivity index (χ1) is 28.3. The van der Waals surface area contributed by atoms with E-state index in [2.05, 4.69) is 25.3 Å². The van der Waals surface area contributed by atoms with Gasteiger partial charge in [0.05, 0.1) is 65.1 Å². The second-order valence-electron chi connectivity index (χ2n) is 15.1. The van der Waals surface area contributed by atoms with Crippen LogP contribution in [0, 0.1) is 17.6 Å². The number of ether oxygens (including phenoxy) is 1. The quantitative estimate of drug-likeness (QED) is 0.134. The Labute approximate surface area is 340 Å². The van der Waals surface area contributed by atoms with Gasteiger partial charge in [-0.3, -0.25) is 23.6 Å². The second kappa shape index (κ2) is 14.0. The number of carbonyl (C=O) groups is 1.